The maximum atomic E-state index is 12.8. The van der Waals surface area contributed by atoms with Crippen molar-refractivity contribution in [3.05, 3.63) is 36.1 Å². The van der Waals surface area contributed by atoms with Crippen LogP contribution in [0.3, 0.4) is 0 Å². The van der Waals surface area contributed by atoms with Crippen LogP contribution in [0.5, 0.6) is 0 Å². The van der Waals surface area contributed by atoms with Crippen LogP contribution in [0, 0.1) is 0 Å². The van der Waals surface area contributed by atoms with E-state index in [4.69, 9.17) is 0 Å². The first kappa shape index (κ1) is 8.71. The van der Waals surface area contributed by atoms with Crippen molar-refractivity contribution < 1.29 is 4.39 Å². The van der Waals surface area contributed by atoms with E-state index in [9.17, 15) is 4.39 Å². The molecule has 64 valence electrons. The third-order valence-electron chi connectivity index (χ3n) is 1.45. The van der Waals surface area contributed by atoms with Crippen molar-refractivity contribution in [3.8, 4) is 0 Å². The van der Waals surface area contributed by atoms with Crippen LogP contribution in [0.25, 0.3) is 0 Å². The van der Waals surface area contributed by atoms with Crippen molar-refractivity contribution in [1.82, 2.24) is 4.90 Å². The van der Waals surface area contributed by atoms with Gasteiger partial charge in [0.2, 0.25) is 0 Å². The minimum absolute atomic E-state index is 0.135. The van der Waals surface area contributed by atoms with E-state index in [1.807, 2.05) is 13.1 Å². The van der Waals surface area contributed by atoms with Gasteiger partial charge in [0, 0.05) is 18.6 Å². The molecule has 0 unspecified atom stereocenters. The molecule has 0 aromatic heterocycles. The minimum atomic E-state index is -0.135. The zero-order valence-electron chi connectivity index (χ0n) is 7.00. The highest BCUT2D eigenvalue weighted by Crippen LogP contribution is 2.13. The molecule has 0 saturated heterocycles. The van der Waals surface area contributed by atoms with Gasteiger partial charge in [0.05, 0.1) is 6.54 Å². The average Bonchev–Trinajstić information content (AvgIpc) is 1.99. The first-order valence-electron chi connectivity index (χ1n) is 3.65. The van der Waals surface area contributed by atoms with Crippen LogP contribution in [0.2, 0.25) is 0 Å². The third kappa shape index (κ3) is 2.34. The minimum Gasteiger partial charge on any atom is -0.346 e. The van der Waals surface area contributed by atoms with Crippen LogP contribution in [0.15, 0.2) is 41.1 Å². The van der Waals surface area contributed by atoms with Gasteiger partial charge in [-0.25, -0.2) is 4.39 Å². The SMILES string of the molecule is C=N/C=C\N1C=C(C)C=C(F)C1. The van der Waals surface area contributed by atoms with Gasteiger partial charge in [-0.2, -0.15) is 0 Å². The number of rotatable bonds is 2. The molecule has 1 aliphatic heterocycles. The highest BCUT2D eigenvalue weighted by molar-refractivity contribution is 5.27. The molecule has 0 aromatic carbocycles. The summed E-state index contributed by atoms with van der Waals surface area (Å²) >= 11 is 0. The molecule has 0 aromatic rings. The number of halogens is 1. The fourth-order valence-corrected chi connectivity index (χ4v) is 1.04. The van der Waals surface area contributed by atoms with Gasteiger partial charge in [-0.3, -0.25) is 4.99 Å². The number of nitrogens with zero attached hydrogens (tertiary/aromatic N) is 2. The van der Waals surface area contributed by atoms with E-state index in [0.29, 0.717) is 0 Å². The van der Waals surface area contributed by atoms with Gasteiger partial charge < -0.3 is 4.90 Å². The Labute approximate surface area is 71.4 Å². The lowest BCUT2D eigenvalue weighted by Gasteiger charge is -2.18. The summed E-state index contributed by atoms with van der Waals surface area (Å²) in [4.78, 5) is 5.26. The number of aliphatic imine (C=N–C) groups is 1. The second-order valence-electron chi connectivity index (χ2n) is 2.62. The van der Waals surface area contributed by atoms with Crippen LogP contribution in [0.1, 0.15) is 6.92 Å². The molecule has 0 fully saturated rings. The Morgan fingerprint density at radius 1 is 1.75 bits per heavy atom. The molecular weight excluding hydrogens is 155 g/mol. The monoisotopic (exact) mass is 166 g/mol. The van der Waals surface area contributed by atoms with Gasteiger partial charge in [0.1, 0.15) is 5.83 Å². The van der Waals surface area contributed by atoms with E-state index in [-0.39, 0.29) is 12.4 Å². The summed E-state index contributed by atoms with van der Waals surface area (Å²) < 4.78 is 12.8. The van der Waals surface area contributed by atoms with E-state index >= 15 is 0 Å². The van der Waals surface area contributed by atoms with E-state index in [1.165, 1.54) is 12.3 Å². The number of hydrogen-bond donors (Lipinski definition) is 0. The van der Waals surface area contributed by atoms with Crippen LogP contribution < -0.4 is 0 Å². The largest absolute Gasteiger partial charge is 0.346 e. The Kier molecular flexibility index (Phi) is 2.80. The number of hydrogen-bond acceptors (Lipinski definition) is 2. The molecule has 1 rings (SSSR count). The van der Waals surface area contributed by atoms with Gasteiger partial charge in [-0.05, 0) is 25.3 Å². The smallest absolute Gasteiger partial charge is 0.120 e. The molecule has 1 aliphatic rings. The van der Waals surface area contributed by atoms with Gasteiger partial charge in [-0.15, -0.1) is 0 Å². The topological polar surface area (TPSA) is 15.6 Å². The molecule has 1 heterocycles. The molecule has 0 aliphatic carbocycles. The van der Waals surface area contributed by atoms with E-state index in [0.717, 1.165) is 5.57 Å². The van der Waals surface area contributed by atoms with Crippen molar-refractivity contribution in [1.29, 1.82) is 0 Å². The Hall–Kier alpha value is -1.38. The van der Waals surface area contributed by atoms with Crippen LogP contribution in [-0.4, -0.2) is 18.2 Å². The van der Waals surface area contributed by atoms with Gasteiger partial charge in [-0.1, -0.05) is 0 Å². The maximum absolute atomic E-state index is 12.8. The predicted octanol–water partition coefficient (Wildman–Crippen LogP) is 2.23. The molecule has 0 N–H and O–H groups in total. The lowest BCUT2D eigenvalue weighted by molar-refractivity contribution is 0.460. The summed E-state index contributed by atoms with van der Waals surface area (Å²) in [5.41, 5.74) is 0.896. The maximum Gasteiger partial charge on any atom is 0.120 e. The van der Waals surface area contributed by atoms with E-state index in [2.05, 4.69) is 11.7 Å². The summed E-state index contributed by atoms with van der Waals surface area (Å²) in [7, 11) is 0. The number of allylic oxidation sites excluding steroid dienone is 2. The first-order valence-corrected chi connectivity index (χ1v) is 3.65. The molecule has 0 saturated carbocycles. The van der Waals surface area contributed by atoms with Crippen LogP contribution in [0.4, 0.5) is 4.39 Å². The second kappa shape index (κ2) is 3.85. The third-order valence-corrected chi connectivity index (χ3v) is 1.45. The standard InChI is InChI=1S/C9H11FN2/c1-8-5-9(10)7-12(6-8)4-3-11-2/h3-6H,2,7H2,1H3/b4-3-. The fourth-order valence-electron chi connectivity index (χ4n) is 1.04. The summed E-state index contributed by atoms with van der Waals surface area (Å²) in [6.07, 6.45) is 6.59. The van der Waals surface area contributed by atoms with E-state index < -0.39 is 0 Å². The summed E-state index contributed by atoms with van der Waals surface area (Å²) in [5, 5.41) is 0. The molecule has 3 heteroatoms. The Bertz CT molecular complexity index is 264. The molecule has 0 spiro atoms. The molecule has 2 nitrogen and oxygen atoms in total. The summed E-state index contributed by atoms with van der Waals surface area (Å²) in [6.45, 7) is 5.42. The van der Waals surface area contributed by atoms with Crippen molar-refractivity contribution >= 4 is 6.72 Å². The van der Waals surface area contributed by atoms with Crippen LogP contribution >= 0.6 is 0 Å². The predicted molar refractivity (Wildman–Crippen MR) is 48.3 cm³/mol. The summed E-state index contributed by atoms with van der Waals surface area (Å²) in [6, 6.07) is 0. The molecular formula is C9H11FN2. The first-order chi connectivity index (χ1) is 5.72. The Morgan fingerprint density at radius 2 is 2.50 bits per heavy atom. The van der Waals surface area contributed by atoms with Crippen molar-refractivity contribution in [2.75, 3.05) is 6.54 Å². The summed E-state index contributed by atoms with van der Waals surface area (Å²) in [5.74, 6) is -0.135. The quantitative estimate of drug-likeness (QED) is 0.574. The highest BCUT2D eigenvalue weighted by atomic mass is 19.1. The van der Waals surface area contributed by atoms with Gasteiger partial charge in [0.25, 0.3) is 0 Å². The van der Waals surface area contributed by atoms with E-state index in [1.54, 1.807) is 11.1 Å². The Balaban J connectivity index is 2.67. The lowest BCUT2D eigenvalue weighted by Crippen LogP contribution is -2.15. The van der Waals surface area contributed by atoms with Crippen molar-refractivity contribution in [2.45, 2.75) is 6.92 Å². The Morgan fingerprint density at radius 3 is 3.08 bits per heavy atom. The molecule has 0 bridgehead atoms. The van der Waals surface area contributed by atoms with Crippen molar-refractivity contribution in [3.63, 3.8) is 0 Å². The molecule has 0 atom stereocenters. The molecule has 12 heavy (non-hydrogen) atoms. The fraction of sp³-hybridized carbons (Fsp3) is 0.222. The van der Waals surface area contributed by atoms with Gasteiger partial charge >= 0.3 is 0 Å². The lowest BCUT2D eigenvalue weighted by atomic mass is 10.2. The molecule has 0 amide bonds. The van der Waals surface area contributed by atoms with Crippen LogP contribution in [-0.2, 0) is 0 Å². The normalized spacial score (nSPS) is 17.7. The van der Waals surface area contributed by atoms with Crippen molar-refractivity contribution in [2.24, 2.45) is 4.99 Å². The zero-order valence-corrected chi connectivity index (χ0v) is 7.00. The second-order valence-corrected chi connectivity index (χ2v) is 2.62. The highest BCUT2D eigenvalue weighted by Gasteiger charge is 2.06. The van der Waals surface area contributed by atoms with Gasteiger partial charge in [0.15, 0.2) is 0 Å². The molecule has 0 radical (unpaired) electrons. The average molecular weight is 166 g/mol. The zero-order chi connectivity index (χ0) is 8.97.